The lowest BCUT2D eigenvalue weighted by molar-refractivity contribution is 0.0755. The van der Waals surface area contributed by atoms with E-state index in [1.54, 1.807) is 0 Å². The van der Waals surface area contributed by atoms with Crippen molar-refractivity contribution in [1.82, 2.24) is 0 Å². The number of Topliss-reactive ketones (excluding diaryl/α,β-unsaturated/α-hetero) is 1. The van der Waals surface area contributed by atoms with Crippen molar-refractivity contribution in [2.75, 3.05) is 0 Å². The molecule has 0 saturated carbocycles. The smallest absolute Gasteiger partial charge is 0.170 e. The zero-order valence-corrected chi connectivity index (χ0v) is 15.4. The second kappa shape index (κ2) is 7.04. The molecule has 1 aromatic rings. The molecule has 0 aromatic heterocycles. The van der Waals surface area contributed by atoms with E-state index < -0.39 is 0 Å². The second-order valence-electron chi connectivity index (χ2n) is 6.34. The third-order valence-corrected chi connectivity index (χ3v) is 5.42. The summed E-state index contributed by atoms with van der Waals surface area (Å²) in [6, 6.07) is 5.72. The van der Waals surface area contributed by atoms with Gasteiger partial charge in [-0.2, -0.15) is 0 Å². The molecule has 0 bridgehead atoms. The Morgan fingerprint density at radius 3 is 2.96 bits per heavy atom. The van der Waals surface area contributed by atoms with E-state index in [9.17, 15) is 4.79 Å². The minimum absolute atomic E-state index is 0.0378. The molecule has 3 heteroatoms. The monoisotopic (exact) mass is 374 g/mol. The molecule has 0 N–H and O–H groups in total. The van der Waals surface area contributed by atoms with E-state index >= 15 is 0 Å². The van der Waals surface area contributed by atoms with Crippen LogP contribution in [0.25, 0.3) is 0 Å². The molecular weight excluding hydrogens is 352 g/mol. The highest BCUT2D eigenvalue weighted by atomic mass is 79.9. The summed E-state index contributed by atoms with van der Waals surface area (Å²) in [5, 5.41) is 0. The molecule has 1 aliphatic carbocycles. The van der Waals surface area contributed by atoms with E-state index in [2.05, 4.69) is 41.9 Å². The Kier molecular flexibility index (Phi) is 5.05. The number of carbonyl (C=O) groups excluding carboxylic acids is 1. The van der Waals surface area contributed by atoms with E-state index in [1.807, 2.05) is 18.2 Å². The average Bonchev–Trinajstić information content (AvgIpc) is 2.56. The molecule has 0 saturated heterocycles. The fourth-order valence-corrected chi connectivity index (χ4v) is 4.19. The Hall–Kier alpha value is -1.35. The summed E-state index contributed by atoms with van der Waals surface area (Å²) < 4.78 is 7.18. The van der Waals surface area contributed by atoms with Crippen molar-refractivity contribution in [2.24, 2.45) is 5.92 Å². The van der Waals surface area contributed by atoms with Crippen molar-refractivity contribution >= 4 is 21.7 Å². The maximum atomic E-state index is 12.6. The number of ketones is 1. The summed E-state index contributed by atoms with van der Waals surface area (Å²) in [7, 11) is 0. The lowest BCUT2D eigenvalue weighted by Gasteiger charge is -2.36. The molecule has 3 rings (SSSR count). The normalized spacial score (nSPS) is 24.7. The molecule has 2 unspecified atom stereocenters. The molecule has 1 heterocycles. The molecule has 2 nitrogen and oxygen atoms in total. The van der Waals surface area contributed by atoms with Crippen LogP contribution < -0.4 is 4.74 Å². The van der Waals surface area contributed by atoms with Crippen LogP contribution in [-0.2, 0) is 0 Å². The van der Waals surface area contributed by atoms with Gasteiger partial charge in [0.1, 0.15) is 11.9 Å². The van der Waals surface area contributed by atoms with Gasteiger partial charge in [0.15, 0.2) is 5.78 Å². The Balaban J connectivity index is 1.93. The summed E-state index contributed by atoms with van der Waals surface area (Å²) >= 11 is 3.43. The van der Waals surface area contributed by atoms with Crippen molar-refractivity contribution in [3.05, 3.63) is 51.5 Å². The first-order valence-corrected chi connectivity index (χ1v) is 9.27. The Labute approximate surface area is 146 Å². The van der Waals surface area contributed by atoms with Gasteiger partial charge in [-0.1, -0.05) is 40.6 Å². The molecule has 2 atom stereocenters. The number of benzene rings is 1. The van der Waals surface area contributed by atoms with Gasteiger partial charge in [0.2, 0.25) is 0 Å². The summed E-state index contributed by atoms with van der Waals surface area (Å²) in [5.74, 6) is 1.26. The quantitative estimate of drug-likeness (QED) is 0.661. The number of ether oxygens (including phenoxy) is 1. The number of halogens is 1. The maximum absolute atomic E-state index is 12.6. The summed E-state index contributed by atoms with van der Waals surface area (Å²) in [4.78, 5) is 12.6. The Morgan fingerprint density at radius 2 is 2.22 bits per heavy atom. The van der Waals surface area contributed by atoms with Gasteiger partial charge in [-0.15, -0.1) is 0 Å². The van der Waals surface area contributed by atoms with Crippen molar-refractivity contribution < 1.29 is 9.53 Å². The molecule has 2 aliphatic rings. The van der Waals surface area contributed by atoms with Crippen LogP contribution in [0, 0.1) is 5.92 Å². The Morgan fingerprint density at radius 1 is 1.39 bits per heavy atom. The van der Waals surface area contributed by atoms with Gasteiger partial charge >= 0.3 is 0 Å². The number of hydrogen-bond donors (Lipinski definition) is 0. The van der Waals surface area contributed by atoms with E-state index in [0.29, 0.717) is 17.9 Å². The Bertz CT molecular complexity index is 672. The SMILES string of the molecule is C/C=C\C1=C(CC)CCCC1C1CC(=O)c2cc(Br)ccc2O1. The van der Waals surface area contributed by atoms with Crippen LogP contribution in [-0.4, -0.2) is 11.9 Å². The highest BCUT2D eigenvalue weighted by Gasteiger charge is 2.35. The van der Waals surface area contributed by atoms with E-state index in [1.165, 1.54) is 24.0 Å². The van der Waals surface area contributed by atoms with Gasteiger partial charge in [0, 0.05) is 16.8 Å². The molecule has 0 amide bonds. The van der Waals surface area contributed by atoms with Crippen molar-refractivity contribution in [3.8, 4) is 5.75 Å². The predicted molar refractivity (Wildman–Crippen MR) is 97.0 cm³/mol. The topological polar surface area (TPSA) is 26.3 Å². The number of hydrogen-bond acceptors (Lipinski definition) is 2. The van der Waals surface area contributed by atoms with Crippen LogP contribution in [0.2, 0.25) is 0 Å². The maximum Gasteiger partial charge on any atom is 0.170 e. The van der Waals surface area contributed by atoms with Crippen LogP contribution in [0.15, 0.2) is 46.0 Å². The number of fused-ring (bicyclic) bond motifs is 1. The average molecular weight is 375 g/mol. The first-order valence-electron chi connectivity index (χ1n) is 8.48. The minimum atomic E-state index is -0.0378. The molecule has 0 spiro atoms. The first kappa shape index (κ1) is 16.5. The lowest BCUT2D eigenvalue weighted by Crippen LogP contribution is -2.36. The van der Waals surface area contributed by atoms with E-state index in [4.69, 9.17) is 4.74 Å². The fourth-order valence-electron chi connectivity index (χ4n) is 3.83. The van der Waals surface area contributed by atoms with Gasteiger partial charge in [-0.3, -0.25) is 4.79 Å². The molecule has 0 fully saturated rings. The summed E-state index contributed by atoms with van der Waals surface area (Å²) in [6.45, 7) is 4.28. The fraction of sp³-hybridized carbons (Fsp3) is 0.450. The molecule has 0 radical (unpaired) electrons. The standard InChI is InChI=1S/C20H23BrO2/c1-3-6-15-13(4-2)7-5-8-16(15)20-12-18(22)17-11-14(21)9-10-19(17)23-20/h3,6,9-11,16,20H,4-5,7-8,12H2,1-2H3/b6-3-. The molecule has 23 heavy (non-hydrogen) atoms. The van der Waals surface area contributed by atoms with Gasteiger partial charge in [-0.25, -0.2) is 0 Å². The summed E-state index contributed by atoms with van der Waals surface area (Å²) in [5.41, 5.74) is 3.63. The van der Waals surface area contributed by atoms with Crippen LogP contribution in [0.4, 0.5) is 0 Å². The molecule has 122 valence electrons. The highest BCUT2D eigenvalue weighted by molar-refractivity contribution is 9.10. The second-order valence-corrected chi connectivity index (χ2v) is 7.25. The third kappa shape index (κ3) is 3.30. The molecule has 1 aliphatic heterocycles. The number of allylic oxidation sites excluding steroid dienone is 3. The van der Waals surface area contributed by atoms with Crippen LogP contribution >= 0.6 is 15.9 Å². The lowest BCUT2D eigenvalue weighted by atomic mass is 9.76. The summed E-state index contributed by atoms with van der Waals surface area (Å²) in [6.07, 6.45) is 9.34. The molecular formula is C20H23BrO2. The van der Waals surface area contributed by atoms with Crippen LogP contribution in [0.1, 0.15) is 56.3 Å². The van der Waals surface area contributed by atoms with Gasteiger partial charge in [0.05, 0.1) is 5.56 Å². The van der Waals surface area contributed by atoms with E-state index in [0.717, 1.165) is 23.1 Å². The molecule has 1 aromatic carbocycles. The van der Waals surface area contributed by atoms with Crippen LogP contribution in [0.5, 0.6) is 5.75 Å². The van der Waals surface area contributed by atoms with Crippen molar-refractivity contribution in [2.45, 2.75) is 52.1 Å². The first-order chi connectivity index (χ1) is 11.1. The predicted octanol–water partition coefficient (Wildman–Crippen LogP) is 5.87. The van der Waals surface area contributed by atoms with Gasteiger partial charge in [-0.05, 0) is 56.4 Å². The zero-order valence-electron chi connectivity index (χ0n) is 13.8. The van der Waals surface area contributed by atoms with Crippen molar-refractivity contribution in [3.63, 3.8) is 0 Å². The number of carbonyl (C=O) groups is 1. The zero-order chi connectivity index (χ0) is 16.4. The highest BCUT2D eigenvalue weighted by Crippen LogP contribution is 2.40. The van der Waals surface area contributed by atoms with E-state index in [-0.39, 0.29) is 11.9 Å². The van der Waals surface area contributed by atoms with Crippen LogP contribution in [0.3, 0.4) is 0 Å². The number of rotatable bonds is 3. The largest absolute Gasteiger partial charge is 0.489 e. The van der Waals surface area contributed by atoms with Crippen molar-refractivity contribution in [1.29, 1.82) is 0 Å². The van der Waals surface area contributed by atoms with Gasteiger partial charge in [0.25, 0.3) is 0 Å². The third-order valence-electron chi connectivity index (χ3n) is 4.93. The van der Waals surface area contributed by atoms with Gasteiger partial charge < -0.3 is 4.74 Å². The minimum Gasteiger partial charge on any atom is -0.489 e.